The van der Waals surface area contributed by atoms with Gasteiger partial charge in [0.2, 0.25) is 0 Å². The number of epoxide rings is 1. The molecule has 1 aromatic carbocycles. The largest absolute Gasteiger partial charge is 0.632 e. The van der Waals surface area contributed by atoms with Gasteiger partial charge in [-0.05, 0) is 12.6 Å². The molecule has 6 nitrogen and oxygen atoms in total. The Kier molecular flexibility index (Phi) is 3.46. The Labute approximate surface area is 116 Å². The van der Waals surface area contributed by atoms with E-state index in [1.165, 1.54) is 0 Å². The second-order valence-electron chi connectivity index (χ2n) is 4.95. The number of carbonyl (C=O) groups excluding carboxylic acids is 2. The zero-order valence-corrected chi connectivity index (χ0v) is 11.0. The minimum Gasteiger partial charge on any atom is -0.496 e. The summed E-state index contributed by atoms with van der Waals surface area (Å²) in [4.78, 5) is 24.8. The van der Waals surface area contributed by atoms with Crippen molar-refractivity contribution < 1.29 is 23.6 Å². The minimum atomic E-state index is -0.964. The van der Waals surface area contributed by atoms with Crippen molar-refractivity contribution in [1.29, 1.82) is 0 Å². The van der Waals surface area contributed by atoms with Crippen molar-refractivity contribution in [1.82, 2.24) is 4.90 Å². The molecular weight excluding hydrogens is 261 g/mol. The molecule has 0 radical (unpaired) electrons. The maximum atomic E-state index is 11.6. The molecule has 2 saturated heterocycles. The van der Waals surface area contributed by atoms with E-state index in [4.69, 9.17) is 14.0 Å². The molecule has 0 N–H and O–H groups in total. The Bertz CT molecular complexity index is 503. The molecule has 2 fully saturated rings. The normalized spacial score (nSPS) is 27.4. The number of rotatable bonds is 2. The Morgan fingerprint density at radius 3 is 2.30 bits per heavy atom. The molecule has 0 spiro atoms. The molecule has 2 heterocycles. The number of benzene rings is 1. The standard InChI is InChI=1S/C13H14BNO5/c1-15-7-10(16)19-14(20-11(17)8-15)13-12(18-13)9-5-3-2-4-6-9/h2-6,12-13H,7-8H2,1H3/t12-,13?/m0/s1. The van der Waals surface area contributed by atoms with E-state index in [0.717, 1.165) is 5.56 Å². The third kappa shape index (κ3) is 2.83. The summed E-state index contributed by atoms with van der Waals surface area (Å²) in [5.41, 5.74) is 0.976. The molecule has 3 rings (SSSR count). The van der Waals surface area contributed by atoms with Gasteiger partial charge in [0.25, 0.3) is 0 Å². The van der Waals surface area contributed by atoms with Crippen LogP contribution in [0.2, 0.25) is 0 Å². The Hall–Kier alpha value is -1.86. The van der Waals surface area contributed by atoms with Gasteiger partial charge in [-0.15, -0.1) is 0 Å². The van der Waals surface area contributed by atoms with Crippen LogP contribution < -0.4 is 0 Å². The first-order valence-corrected chi connectivity index (χ1v) is 6.41. The molecule has 2 atom stereocenters. The minimum absolute atomic E-state index is 0.0638. The molecule has 1 aromatic rings. The lowest BCUT2D eigenvalue weighted by Crippen LogP contribution is -2.45. The van der Waals surface area contributed by atoms with Gasteiger partial charge in [-0.1, -0.05) is 30.3 Å². The predicted molar refractivity (Wildman–Crippen MR) is 69.5 cm³/mol. The molecule has 0 bridgehead atoms. The average molecular weight is 275 g/mol. The monoisotopic (exact) mass is 275 g/mol. The Morgan fingerprint density at radius 1 is 1.10 bits per heavy atom. The number of likely N-dealkylation sites (N-methyl/N-ethyl adjacent to an activating group) is 1. The molecular formula is C13H14BNO5. The second kappa shape index (κ2) is 5.26. The van der Waals surface area contributed by atoms with Gasteiger partial charge in [0.15, 0.2) is 6.00 Å². The lowest BCUT2D eigenvalue weighted by Gasteiger charge is -2.21. The maximum absolute atomic E-state index is 11.6. The third-order valence-electron chi connectivity index (χ3n) is 3.22. The molecule has 1 unspecified atom stereocenters. The van der Waals surface area contributed by atoms with Crippen molar-refractivity contribution in [2.24, 2.45) is 0 Å². The second-order valence-corrected chi connectivity index (χ2v) is 4.95. The van der Waals surface area contributed by atoms with Gasteiger partial charge in [-0.3, -0.25) is 14.5 Å². The summed E-state index contributed by atoms with van der Waals surface area (Å²) in [6, 6.07) is 9.13. The summed E-state index contributed by atoms with van der Waals surface area (Å²) >= 11 is 0. The molecule has 0 aromatic heterocycles. The lowest BCUT2D eigenvalue weighted by molar-refractivity contribution is -0.145. The van der Waals surface area contributed by atoms with E-state index in [9.17, 15) is 9.59 Å². The van der Waals surface area contributed by atoms with Gasteiger partial charge in [0, 0.05) is 0 Å². The van der Waals surface area contributed by atoms with E-state index in [-0.39, 0.29) is 19.2 Å². The first-order chi connectivity index (χ1) is 9.63. The van der Waals surface area contributed by atoms with E-state index in [2.05, 4.69) is 0 Å². The van der Waals surface area contributed by atoms with Crippen LogP contribution in [0.15, 0.2) is 30.3 Å². The quantitative estimate of drug-likeness (QED) is 0.566. The molecule has 20 heavy (non-hydrogen) atoms. The van der Waals surface area contributed by atoms with Crippen molar-refractivity contribution in [2.75, 3.05) is 20.1 Å². The highest BCUT2D eigenvalue weighted by molar-refractivity contribution is 6.51. The smallest absolute Gasteiger partial charge is 0.496 e. The molecule has 0 saturated carbocycles. The van der Waals surface area contributed by atoms with Gasteiger partial charge in [-0.25, -0.2) is 0 Å². The van der Waals surface area contributed by atoms with Gasteiger partial charge < -0.3 is 14.0 Å². The number of hydrogen-bond acceptors (Lipinski definition) is 6. The highest BCUT2D eigenvalue weighted by Crippen LogP contribution is 2.40. The summed E-state index contributed by atoms with van der Waals surface area (Å²) in [6.07, 6.45) is -0.195. The summed E-state index contributed by atoms with van der Waals surface area (Å²) in [6.45, 7) is 0.128. The van der Waals surface area contributed by atoms with Crippen LogP contribution >= 0.6 is 0 Å². The Morgan fingerprint density at radius 2 is 1.70 bits per heavy atom. The molecule has 2 aliphatic rings. The summed E-state index contributed by atoms with van der Waals surface area (Å²) in [5, 5.41) is 0. The van der Waals surface area contributed by atoms with E-state index >= 15 is 0 Å². The van der Waals surface area contributed by atoms with Gasteiger partial charge in [0.1, 0.15) is 6.10 Å². The fraction of sp³-hybridized carbons (Fsp3) is 0.385. The predicted octanol–water partition coefficient (Wildman–Crippen LogP) is 0.186. The Balaban J connectivity index is 1.68. The third-order valence-corrected chi connectivity index (χ3v) is 3.22. The van der Waals surface area contributed by atoms with Crippen LogP contribution in [-0.2, 0) is 23.6 Å². The zero-order chi connectivity index (χ0) is 14.1. The van der Waals surface area contributed by atoms with Gasteiger partial charge in [-0.2, -0.15) is 0 Å². The summed E-state index contributed by atoms with van der Waals surface area (Å²) < 4.78 is 15.8. The first kappa shape index (κ1) is 13.1. The van der Waals surface area contributed by atoms with Crippen molar-refractivity contribution in [2.45, 2.75) is 12.1 Å². The molecule has 0 aliphatic carbocycles. The fourth-order valence-corrected chi connectivity index (χ4v) is 2.23. The number of hydrogen-bond donors (Lipinski definition) is 0. The van der Waals surface area contributed by atoms with Crippen molar-refractivity contribution >= 4 is 19.1 Å². The van der Waals surface area contributed by atoms with Gasteiger partial charge in [0.05, 0.1) is 13.1 Å². The van der Waals surface area contributed by atoms with E-state index in [0.29, 0.717) is 0 Å². The van der Waals surface area contributed by atoms with E-state index < -0.39 is 25.1 Å². The SMILES string of the molecule is CN1CC(=O)OB(C2O[C@H]2c2ccccc2)OC(=O)C1. The van der Waals surface area contributed by atoms with Crippen LogP contribution in [0.25, 0.3) is 0 Å². The molecule has 7 heteroatoms. The van der Waals surface area contributed by atoms with Crippen molar-refractivity contribution in [3.05, 3.63) is 35.9 Å². The van der Waals surface area contributed by atoms with Crippen LogP contribution in [0.5, 0.6) is 0 Å². The molecule has 0 amide bonds. The highest BCUT2D eigenvalue weighted by atomic mass is 16.7. The summed E-state index contributed by atoms with van der Waals surface area (Å²) in [5.74, 6) is -0.848. The lowest BCUT2D eigenvalue weighted by atomic mass is 9.80. The number of carbonyl (C=O) groups is 2. The first-order valence-electron chi connectivity index (χ1n) is 6.41. The number of nitrogens with zero attached hydrogens (tertiary/aromatic N) is 1. The van der Waals surface area contributed by atoms with Crippen molar-refractivity contribution in [3.63, 3.8) is 0 Å². The van der Waals surface area contributed by atoms with Crippen LogP contribution in [-0.4, -0.2) is 50.1 Å². The average Bonchev–Trinajstić information content (AvgIpc) is 3.17. The van der Waals surface area contributed by atoms with E-state index in [1.807, 2.05) is 30.3 Å². The molecule has 2 aliphatic heterocycles. The van der Waals surface area contributed by atoms with Crippen molar-refractivity contribution in [3.8, 4) is 0 Å². The van der Waals surface area contributed by atoms with Crippen LogP contribution in [0.1, 0.15) is 11.7 Å². The highest BCUT2D eigenvalue weighted by Gasteiger charge is 2.56. The van der Waals surface area contributed by atoms with Gasteiger partial charge >= 0.3 is 19.1 Å². The summed E-state index contributed by atoms with van der Waals surface area (Å²) in [7, 11) is 0.692. The van der Waals surface area contributed by atoms with Crippen LogP contribution in [0, 0.1) is 0 Å². The topological polar surface area (TPSA) is 68.4 Å². The molecule has 104 valence electrons. The zero-order valence-electron chi connectivity index (χ0n) is 11.0. The van der Waals surface area contributed by atoms with E-state index in [1.54, 1.807) is 11.9 Å². The maximum Gasteiger partial charge on any atom is 0.632 e. The number of ether oxygens (including phenoxy) is 1. The van der Waals surface area contributed by atoms with Crippen LogP contribution in [0.3, 0.4) is 0 Å². The van der Waals surface area contributed by atoms with Crippen LogP contribution in [0.4, 0.5) is 0 Å². The fourth-order valence-electron chi connectivity index (χ4n) is 2.23.